The number of halogens is 1. The van der Waals surface area contributed by atoms with Gasteiger partial charge in [0.25, 0.3) is 0 Å². The number of nitrogens with one attached hydrogen (secondary N) is 1. The van der Waals surface area contributed by atoms with Gasteiger partial charge in [0.2, 0.25) is 21.8 Å². The summed E-state index contributed by atoms with van der Waals surface area (Å²) in [6.07, 6.45) is 2.02. The number of nitrogens with zero attached hydrogens (tertiary/aromatic N) is 2. The van der Waals surface area contributed by atoms with E-state index < -0.39 is 28.5 Å². The quantitative estimate of drug-likeness (QED) is 0.175. The summed E-state index contributed by atoms with van der Waals surface area (Å²) in [6, 6.07) is 31.8. The van der Waals surface area contributed by atoms with Crippen molar-refractivity contribution in [3.05, 3.63) is 131 Å². The van der Waals surface area contributed by atoms with Crippen LogP contribution in [-0.2, 0) is 39.2 Å². The van der Waals surface area contributed by atoms with Gasteiger partial charge in [-0.2, -0.15) is 0 Å². The molecular weight excluding hydrogens is 610 g/mol. The van der Waals surface area contributed by atoms with Crippen LogP contribution >= 0.6 is 11.6 Å². The zero-order chi connectivity index (χ0) is 32.2. The first-order valence-corrected chi connectivity index (χ1v) is 17.0. The van der Waals surface area contributed by atoms with Crippen molar-refractivity contribution in [2.24, 2.45) is 0 Å². The lowest BCUT2D eigenvalue weighted by Gasteiger charge is -2.33. The normalized spacial score (nSPS) is 11.8. The van der Waals surface area contributed by atoms with E-state index in [4.69, 9.17) is 16.3 Å². The van der Waals surface area contributed by atoms with Crippen molar-refractivity contribution in [2.75, 3.05) is 23.7 Å². The van der Waals surface area contributed by atoms with Crippen LogP contribution in [0.4, 0.5) is 5.69 Å². The molecule has 0 aliphatic carbocycles. The molecule has 8 nitrogen and oxygen atoms in total. The summed E-state index contributed by atoms with van der Waals surface area (Å²) >= 11 is 6.26. The van der Waals surface area contributed by atoms with Gasteiger partial charge in [-0.3, -0.25) is 13.9 Å². The molecule has 4 aromatic carbocycles. The maximum Gasteiger partial charge on any atom is 0.244 e. The van der Waals surface area contributed by atoms with E-state index in [1.165, 1.54) is 4.90 Å². The van der Waals surface area contributed by atoms with Crippen LogP contribution in [0.5, 0.6) is 5.75 Å². The molecule has 0 fully saturated rings. The van der Waals surface area contributed by atoms with Gasteiger partial charge in [-0.25, -0.2) is 8.42 Å². The fourth-order valence-electron chi connectivity index (χ4n) is 4.82. The van der Waals surface area contributed by atoms with E-state index in [-0.39, 0.29) is 18.9 Å². The lowest BCUT2D eigenvalue weighted by atomic mass is 10.0. The summed E-state index contributed by atoms with van der Waals surface area (Å²) in [7, 11) is -3.89. The third kappa shape index (κ3) is 10.1. The minimum atomic E-state index is -3.89. The molecule has 236 valence electrons. The Kier molecular flexibility index (Phi) is 12.0. The Bertz CT molecular complexity index is 1650. The lowest BCUT2D eigenvalue weighted by molar-refractivity contribution is -0.140. The number of benzene rings is 4. The number of carbonyl (C=O) groups excluding carboxylic acids is 2. The van der Waals surface area contributed by atoms with Gasteiger partial charge in [-0.15, -0.1) is 0 Å². The third-order valence-corrected chi connectivity index (χ3v) is 8.49. The van der Waals surface area contributed by atoms with Gasteiger partial charge in [0, 0.05) is 24.5 Å². The van der Waals surface area contributed by atoms with Gasteiger partial charge in [0.05, 0.1) is 11.9 Å². The molecule has 0 bridgehead atoms. The Morgan fingerprint density at radius 1 is 0.844 bits per heavy atom. The van der Waals surface area contributed by atoms with Gasteiger partial charge >= 0.3 is 0 Å². The average Bonchev–Trinajstić information content (AvgIpc) is 3.04. The molecule has 0 aliphatic heterocycles. The van der Waals surface area contributed by atoms with Crippen LogP contribution in [0.1, 0.15) is 30.0 Å². The van der Waals surface area contributed by atoms with E-state index in [1.807, 2.05) is 73.7 Å². The summed E-state index contributed by atoms with van der Waals surface area (Å²) in [5.74, 6) is -0.292. The molecular formula is C35H38ClN3O5S. The molecule has 0 saturated carbocycles. The zero-order valence-electron chi connectivity index (χ0n) is 25.4. The summed E-state index contributed by atoms with van der Waals surface area (Å²) in [5, 5.41) is 3.41. The molecule has 1 N–H and O–H groups in total. The van der Waals surface area contributed by atoms with Crippen molar-refractivity contribution in [1.82, 2.24) is 10.2 Å². The zero-order valence-corrected chi connectivity index (χ0v) is 27.0. The molecule has 4 rings (SSSR count). The maximum absolute atomic E-state index is 14.2. The Hall–Kier alpha value is -4.34. The molecule has 2 amide bonds. The maximum atomic E-state index is 14.2. The molecule has 1 atom stereocenters. The average molecular weight is 648 g/mol. The summed E-state index contributed by atoms with van der Waals surface area (Å²) in [4.78, 5) is 29.2. The molecule has 4 aromatic rings. The first-order chi connectivity index (χ1) is 21.6. The second-order valence-electron chi connectivity index (χ2n) is 10.7. The van der Waals surface area contributed by atoms with E-state index in [0.717, 1.165) is 28.1 Å². The highest BCUT2D eigenvalue weighted by Crippen LogP contribution is 2.24. The van der Waals surface area contributed by atoms with Crippen molar-refractivity contribution < 1.29 is 22.7 Å². The van der Waals surface area contributed by atoms with E-state index in [2.05, 4.69) is 5.32 Å². The number of anilines is 1. The Morgan fingerprint density at radius 2 is 1.47 bits per heavy atom. The number of hydrogen-bond acceptors (Lipinski definition) is 5. The van der Waals surface area contributed by atoms with E-state index in [0.29, 0.717) is 35.2 Å². The first-order valence-electron chi connectivity index (χ1n) is 14.7. The predicted octanol–water partition coefficient (Wildman–Crippen LogP) is 5.85. The number of carbonyl (C=O) groups is 2. The number of rotatable bonds is 15. The Labute approximate surface area is 270 Å². The molecule has 1 unspecified atom stereocenters. The van der Waals surface area contributed by atoms with Crippen LogP contribution in [0.15, 0.2) is 109 Å². The lowest BCUT2D eigenvalue weighted by Crippen LogP contribution is -2.53. The van der Waals surface area contributed by atoms with Crippen LogP contribution in [0.2, 0.25) is 5.02 Å². The van der Waals surface area contributed by atoms with Crippen molar-refractivity contribution in [2.45, 2.75) is 39.0 Å². The molecule has 0 aliphatic rings. The van der Waals surface area contributed by atoms with Crippen LogP contribution < -0.4 is 14.4 Å². The molecule has 10 heteroatoms. The van der Waals surface area contributed by atoms with Gasteiger partial charge in [-0.05, 0) is 59.5 Å². The molecule has 0 saturated heterocycles. The number of sulfonamides is 1. The minimum Gasteiger partial charge on any atom is -0.489 e. The second-order valence-corrected chi connectivity index (χ2v) is 13.0. The fraction of sp³-hybridized carbons (Fsp3) is 0.257. The van der Waals surface area contributed by atoms with Crippen LogP contribution in [0, 0.1) is 0 Å². The highest BCUT2D eigenvalue weighted by Gasteiger charge is 2.33. The molecule has 0 spiro atoms. The molecule has 0 radical (unpaired) electrons. The van der Waals surface area contributed by atoms with Gasteiger partial charge in [0.15, 0.2) is 0 Å². The molecule has 45 heavy (non-hydrogen) atoms. The number of amides is 2. The third-order valence-electron chi connectivity index (χ3n) is 7.11. The van der Waals surface area contributed by atoms with E-state index in [9.17, 15) is 18.0 Å². The first kappa shape index (κ1) is 33.6. The fourth-order valence-corrected chi connectivity index (χ4v) is 5.88. The van der Waals surface area contributed by atoms with Crippen LogP contribution in [-0.4, -0.2) is 50.5 Å². The second kappa shape index (κ2) is 16.1. The monoisotopic (exact) mass is 647 g/mol. The van der Waals surface area contributed by atoms with Crippen LogP contribution in [0.25, 0.3) is 0 Å². The van der Waals surface area contributed by atoms with E-state index in [1.54, 1.807) is 42.5 Å². The van der Waals surface area contributed by atoms with Crippen molar-refractivity contribution in [1.29, 1.82) is 0 Å². The minimum absolute atomic E-state index is 0.0559. The largest absolute Gasteiger partial charge is 0.489 e. The molecule has 0 aromatic heterocycles. The topological polar surface area (TPSA) is 96.0 Å². The van der Waals surface area contributed by atoms with Gasteiger partial charge < -0.3 is 15.0 Å². The van der Waals surface area contributed by atoms with Gasteiger partial charge in [-0.1, -0.05) is 91.3 Å². The number of ether oxygens (including phenoxy) is 1. The van der Waals surface area contributed by atoms with Crippen molar-refractivity contribution in [3.63, 3.8) is 0 Å². The predicted molar refractivity (Wildman–Crippen MR) is 179 cm³/mol. The van der Waals surface area contributed by atoms with Crippen molar-refractivity contribution in [3.8, 4) is 5.75 Å². The Balaban J connectivity index is 1.63. The summed E-state index contributed by atoms with van der Waals surface area (Å²) < 4.78 is 33.0. The highest BCUT2D eigenvalue weighted by atomic mass is 35.5. The van der Waals surface area contributed by atoms with E-state index >= 15 is 0 Å². The van der Waals surface area contributed by atoms with Crippen molar-refractivity contribution >= 4 is 39.1 Å². The van der Waals surface area contributed by atoms with Gasteiger partial charge in [0.1, 0.15) is 24.9 Å². The Morgan fingerprint density at radius 3 is 2.07 bits per heavy atom. The smallest absolute Gasteiger partial charge is 0.244 e. The SMILES string of the molecule is CCCNC(=O)C(Cc1ccccc1)N(Cc1cccc(Cl)c1)C(=O)CN(c1ccc(OCc2ccccc2)cc1)S(C)(=O)=O. The van der Waals surface area contributed by atoms with Crippen LogP contribution in [0.3, 0.4) is 0 Å². The summed E-state index contributed by atoms with van der Waals surface area (Å²) in [5.41, 5.74) is 2.88. The standard InChI is InChI=1S/C35H38ClN3O5S/c1-3-21-37-35(41)33(23-27-11-6-4-7-12-27)38(24-29-15-10-16-30(36)22-29)34(40)25-39(45(2,42)43)31-17-19-32(20-18-31)44-26-28-13-8-5-9-14-28/h4-20,22,33H,3,21,23-26H2,1-2H3,(H,37,41). The number of hydrogen-bond donors (Lipinski definition) is 1. The summed E-state index contributed by atoms with van der Waals surface area (Å²) in [6.45, 7) is 2.30. The molecule has 0 heterocycles. The highest BCUT2D eigenvalue weighted by molar-refractivity contribution is 7.92.